The van der Waals surface area contributed by atoms with E-state index >= 15 is 0 Å². The first-order valence-corrected chi connectivity index (χ1v) is 14.5. The van der Waals surface area contributed by atoms with Gasteiger partial charge in [-0.25, -0.2) is 0 Å². The summed E-state index contributed by atoms with van der Waals surface area (Å²) in [6.07, 6.45) is 0. The average Bonchev–Trinajstić information content (AvgIpc) is 3.64. The fourth-order valence-electron chi connectivity index (χ4n) is 6.63. The molecule has 2 nitrogen and oxygen atoms in total. The molecule has 40 heavy (non-hydrogen) atoms. The summed E-state index contributed by atoms with van der Waals surface area (Å²) in [6, 6.07) is 46.8. The minimum Gasteiger partial charge on any atom is -0.309 e. The van der Waals surface area contributed by atoms with Crippen molar-refractivity contribution in [3.8, 4) is 11.4 Å². The van der Waals surface area contributed by atoms with E-state index in [0.29, 0.717) is 0 Å². The largest absolute Gasteiger partial charge is 0.309 e. The fraction of sp³-hybridized carbons (Fsp3) is 0.0270. The summed E-state index contributed by atoms with van der Waals surface area (Å²) in [6.45, 7) is 2.17. The second-order valence-corrected chi connectivity index (χ2v) is 11.7. The van der Waals surface area contributed by atoms with Gasteiger partial charge in [-0.2, -0.15) is 0 Å². The van der Waals surface area contributed by atoms with Gasteiger partial charge >= 0.3 is 0 Å². The van der Waals surface area contributed by atoms with Gasteiger partial charge in [0.15, 0.2) is 0 Å². The lowest BCUT2D eigenvalue weighted by Crippen LogP contribution is -1.96. The van der Waals surface area contributed by atoms with E-state index < -0.39 is 0 Å². The maximum atomic E-state index is 2.46. The average molecular weight is 529 g/mol. The second-order valence-electron chi connectivity index (χ2n) is 10.7. The molecule has 0 unspecified atom stereocenters. The molecule has 0 spiro atoms. The van der Waals surface area contributed by atoms with Gasteiger partial charge in [0.05, 0.1) is 32.5 Å². The number of para-hydroxylation sites is 2. The number of benzene rings is 6. The predicted octanol–water partition coefficient (Wildman–Crippen LogP) is 10.6. The first kappa shape index (κ1) is 22.0. The third-order valence-corrected chi connectivity index (χ3v) is 9.58. The Bertz CT molecular complexity index is 2450. The van der Waals surface area contributed by atoms with Crippen molar-refractivity contribution in [1.82, 2.24) is 9.13 Å². The smallest absolute Gasteiger partial charge is 0.0640 e. The van der Waals surface area contributed by atoms with Crippen LogP contribution in [-0.2, 0) is 0 Å². The standard InChI is InChI=1S/C37H24N2S/c1-23-17-19-33-29(21-23)25-9-2-5-13-31(25)38(33)24-18-20-34-30(22-24)26-10-3-6-14-32(26)39(34)35-15-8-12-28-27-11-4-7-16-36(27)40-37(28)35/h2-22H,1H3. The highest BCUT2D eigenvalue weighted by Gasteiger charge is 2.18. The van der Waals surface area contributed by atoms with Crippen LogP contribution in [0, 0.1) is 6.92 Å². The molecular weight excluding hydrogens is 504 g/mol. The van der Waals surface area contributed by atoms with Crippen LogP contribution in [0.2, 0.25) is 0 Å². The van der Waals surface area contributed by atoms with Crippen LogP contribution in [-0.4, -0.2) is 9.13 Å². The van der Waals surface area contributed by atoms with Crippen LogP contribution in [0.3, 0.4) is 0 Å². The van der Waals surface area contributed by atoms with Crippen LogP contribution < -0.4 is 0 Å². The van der Waals surface area contributed by atoms with E-state index in [1.807, 2.05) is 11.3 Å². The normalized spacial score (nSPS) is 12.1. The molecule has 188 valence electrons. The first-order valence-electron chi connectivity index (χ1n) is 13.7. The van der Waals surface area contributed by atoms with E-state index in [1.54, 1.807) is 0 Å². The Morgan fingerprint density at radius 2 is 1.05 bits per heavy atom. The van der Waals surface area contributed by atoms with Gasteiger partial charge in [-0.15, -0.1) is 11.3 Å². The highest BCUT2D eigenvalue weighted by Crippen LogP contribution is 2.41. The molecule has 0 fully saturated rings. The molecule has 0 N–H and O–H groups in total. The quantitative estimate of drug-likeness (QED) is 0.211. The Morgan fingerprint density at radius 3 is 1.88 bits per heavy atom. The molecule has 0 aliphatic heterocycles. The van der Waals surface area contributed by atoms with Gasteiger partial charge in [-0.1, -0.05) is 78.4 Å². The summed E-state index contributed by atoms with van der Waals surface area (Å²) >= 11 is 1.88. The SMILES string of the molecule is Cc1ccc2c(c1)c1ccccc1n2-c1ccc2c(c1)c1ccccc1n2-c1cccc2c1sc1ccccc12. The molecule has 0 saturated heterocycles. The summed E-state index contributed by atoms with van der Waals surface area (Å²) in [5.41, 5.74) is 8.65. The zero-order chi connectivity index (χ0) is 26.4. The molecule has 0 bridgehead atoms. The number of hydrogen-bond donors (Lipinski definition) is 0. The molecule has 0 atom stereocenters. The van der Waals surface area contributed by atoms with Gasteiger partial charge in [0, 0.05) is 42.7 Å². The lowest BCUT2D eigenvalue weighted by atomic mass is 10.1. The zero-order valence-electron chi connectivity index (χ0n) is 21.9. The van der Waals surface area contributed by atoms with E-state index in [-0.39, 0.29) is 0 Å². The van der Waals surface area contributed by atoms with Gasteiger partial charge in [-0.05, 0) is 61.5 Å². The molecule has 3 heterocycles. The van der Waals surface area contributed by atoms with E-state index in [2.05, 4.69) is 143 Å². The van der Waals surface area contributed by atoms with Gasteiger partial charge in [0.2, 0.25) is 0 Å². The van der Waals surface area contributed by atoms with E-state index in [1.165, 1.54) is 80.7 Å². The number of rotatable bonds is 2. The molecule has 3 aromatic heterocycles. The van der Waals surface area contributed by atoms with E-state index in [9.17, 15) is 0 Å². The van der Waals surface area contributed by atoms with Crippen molar-refractivity contribution in [2.75, 3.05) is 0 Å². The Labute approximate surface area is 234 Å². The molecule has 0 saturated carbocycles. The molecule has 0 aliphatic rings. The lowest BCUT2D eigenvalue weighted by molar-refractivity contribution is 1.17. The van der Waals surface area contributed by atoms with Gasteiger partial charge in [0.1, 0.15) is 0 Å². The summed E-state index contributed by atoms with van der Waals surface area (Å²) in [5, 5.41) is 7.78. The van der Waals surface area contributed by atoms with Crippen LogP contribution in [0.15, 0.2) is 127 Å². The van der Waals surface area contributed by atoms with Gasteiger partial charge < -0.3 is 9.13 Å². The van der Waals surface area contributed by atoms with Crippen molar-refractivity contribution in [1.29, 1.82) is 0 Å². The topological polar surface area (TPSA) is 9.86 Å². The summed E-state index contributed by atoms with van der Waals surface area (Å²) in [7, 11) is 0. The molecule has 9 rings (SSSR count). The van der Waals surface area contributed by atoms with Crippen molar-refractivity contribution >= 4 is 75.1 Å². The van der Waals surface area contributed by atoms with Crippen molar-refractivity contribution in [3.05, 3.63) is 133 Å². The Hall–Kier alpha value is -4.86. The summed E-state index contributed by atoms with van der Waals surface area (Å²) in [5.74, 6) is 0. The number of aromatic nitrogens is 2. The van der Waals surface area contributed by atoms with Crippen LogP contribution in [0.25, 0.3) is 75.2 Å². The van der Waals surface area contributed by atoms with Crippen LogP contribution in [0.1, 0.15) is 5.56 Å². The molecule has 6 aromatic carbocycles. The lowest BCUT2D eigenvalue weighted by Gasteiger charge is -2.11. The first-order chi connectivity index (χ1) is 19.8. The minimum absolute atomic E-state index is 1.19. The number of aryl methyl sites for hydroxylation is 1. The Balaban J connectivity index is 1.37. The van der Waals surface area contributed by atoms with Gasteiger partial charge in [0.25, 0.3) is 0 Å². The Morgan fingerprint density at radius 1 is 0.450 bits per heavy atom. The monoisotopic (exact) mass is 528 g/mol. The molecule has 0 aliphatic carbocycles. The van der Waals surface area contributed by atoms with Crippen LogP contribution >= 0.6 is 11.3 Å². The van der Waals surface area contributed by atoms with E-state index in [0.717, 1.165) is 0 Å². The van der Waals surface area contributed by atoms with Crippen molar-refractivity contribution in [2.24, 2.45) is 0 Å². The fourth-order valence-corrected chi connectivity index (χ4v) is 7.84. The summed E-state index contributed by atoms with van der Waals surface area (Å²) < 4.78 is 7.53. The number of thiophene rings is 1. The van der Waals surface area contributed by atoms with Crippen LogP contribution in [0.4, 0.5) is 0 Å². The Kier molecular flexibility index (Phi) is 4.44. The second kappa shape index (κ2) is 8.08. The van der Waals surface area contributed by atoms with Crippen molar-refractivity contribution in [3.63, 3.8) is 0 Å². The number of nitrogens with zero attached hydrogens (tertiary/aromatic N) is 2. The third kappa shape index (κ3) is 2.93. The van der Waals surface area contributed by atoms with Gasteiger partial charge in [-0.3, -0.25) is 0 Å². The molecule has 3 heteroatoms. The van der Waals surface area contributed by atoms with Crippen molar-refractivity contribution in [2.45, 2.75) is 6.92 Å². The molecule has 0 amide bonds. The number of hydrogen-bond acceptors (Lipinski definition) is 1. The molecule has 0 radical (unpaired) electrons. The highest BCUT2D eigenvalue weighted by atomic mass is 32.1. The third-order valence-electron chi connectivity index (χ3n) is 8.37. The minimum atomic E-state index is 1.19. The zero-order valence-corrected chi connectivity index (χ0v) is 22.7. The van der Waals surface area contributed by atoms with Crippen LogP contribution in [0.5, 0.6) is 0 Å². The predicted molar refractivity (Wildman–Crippen MR) is 173 cm³/mol. The highest BCUT2D eigenvalue weighted by molar-refractivity contribution is 7.26. The maximum Gasteiger partial charge on any atom is 0.0640 e. The number of fused-ring (bicyclic) bond motifs is 9. The summed E-state index contributed by atoms with van der Waals surface area (Å²) in [4.78, 5) is 0. The molecule has 9 aromatic rings. The molecular formula is C37H24N2S. The maximum absolute atomic E-state index is 2.46. The van der Waals surface area contributed by atoms with E-state index in [4.69, 9.17) is 0 Å². The van der Waals surface area contributed by atoms with Crippen molar-refractivity contribution < 1.29 is 0 Å².